The number of sulfonamides is 1. The number of carbonyl (C=O) groups excluding carboxylic acids is 1. The van der Waals surface area contributed by atoms with Gasteiger partial charge in [0.05, 0.1) is 26.0 Å². The van der Waals surface area contributed by atoms with Crippen molar-refractivity contribution in [1.82, 2.24) is 9.21 Å². The maximum absolute atomic E-state index is 12.0. The summed E-state index contributed by atoms with van der Waals surface area (Å²) >= 11 is 0. The van der Waals surface area contributed by atoms with Gasteiger partial charge in [0.25, 0.3) is 0 Å². The molecule has 0 aromatic rings. The van der Waals surface area contributed by atoms with Crippen LogP contribution in [0.25, 0.3) is 0 Å². The molecule has 6 nitrogen and oxygen atoms in total. The fourth-order valence-corrected chi connectivity index (χ4v) is 2.70. The van der Waals surface area contributed by atoms with Gasteiger partial charge in [-0.05, 0) is 5.92 Å². The number of nitrogens with zero attached hydrogens (tertiary/aromatic N) is 2. The summed E-state index contributed by atoms with van der Waals surface area (Å²) in [4.78, 5) is 13.7. The minimum absolute atomic E-state index is 0.0724. The van der Waals surface area contributed by atoms with Crippen LogP contribution in [0.3, 0.4) is 0 Å². The van der Waals surface area contributed by atoms with Gasteiger partial charge in [-0.3, -0.25) is 4.79 Å². The standard InChI is InChI=1S/C11H22N2O4S/c1-10(2)8-13(18(3,15)16)9-11(14)12-4-6-17-7-5-12/h10H,4-9H2,1-3H3. The van der Waals surface area contributed by atoms with Gasteiger partial charge in [-0.15, -0.1) is 0 Å². The molecule has 0 bridgehead atoms. The molecule has 18 heavy (non-hydrogen) atoms. The van der Waals surface area contributed by atoms with Crippen LogP contribution < -0.4 is 0 Å². The Bertz CT molecular complexity index is 375. The molecule has 0 saturated carbocycles. The number of rotatable bonds is 5. The van der Waals surface area contributed by atoms with Crippen molar-refractivity contribution in [1.29, 1.82) is 0 Å². The zero-order valence-corrected chi connectivity index (χ0v) is 12.1. The third kappa shape index (κ3) is 4.91. The van der Waals surface area contributed by atoms with E-state index in [0.29, 0.717) is 32.8 Å². The summed E-state index contributed by atoms with van der Waals surface area (Å²) in [6.07, 6.45) is 1.14. The molecule has 0 atom stereocenters. The van der Waals surface area contributed by atoms with Gasteiger partial charge in [-0.25, -0.2) is 8.42 Å². The summed E-state index contributed by atoms with van der Waals surface area (Å²) in [6.45, 7) is 6.28. The summed E-state index contributed by atoms with van der Waals surface area (Å²) in [5.74, 6) is 0.0431. The average Bonchev–Trinajstić information content (AvgIpc) is 2.27. The Labute approximate surface area is 109 Å². The Kier molecular flexibility index (Phi) is 5.55. The van der Waals surface area contributed by atoms with Crippen LogP contribution in [-0.4, -0.2) is 69.2 Å². The van der Waals surface area contributed by atoms with Crippen LogP contribution in [0, 0.1) is 5.92 Å². The lowest BCUT2D eigenvalue weighted by molar-refractivity contribution is -0.135. The second-order valence-electron chi connectivity index (χ2n) is 4.94. The summed E-state index contributed by atoms with van der Waals surface area (Å²) in [6, 6.07) is 0. The van der Waals surface area contributed by atoms with Crippen LogP contribution in [0.5, 0.6) is 0 Å². The molecule has 0 aliphatic carbocycles. The summed E-state index contributed by atoms with van der Waals surface area (Å²) in [7, 11) is -3.34. The molecule has 0 unspecified atom stereocenters. The first-order valence-electron chi connectivity index (χ1n) is 6.11. The van der Waals surface area contributed by atoms with Crippen molar-refractivity contribution in [2.75, 3.05) is 45.6 Å². The van der Waals surface area contributed by atoms with Gasteiger partial charge >= 0.3 is 0 Å². The third-order valence-electron chi connectivity index (χ3n) is 2.71. The summed E-state index contributed by atoms with van der Waals surface area (Å²) in [5, 5.41) is 0. The molecule has 1 rings (SSSR count). The molecule has 1 heterocycles. The van der Waals surface area contributed by atoms with Crippen molar-refractivity contribution < 1.29 is 17.9 Å². The zero-order chi connectivity index (χ0) is 13.8. The third-order valence-corrected chi connectivity index (χ3v) is 3.93. The van der Waals surface area contributed by atoms with Gasteiger partial charge in [-0.1, -0.05) is 13.8 Å². The number of morpholine rings is 1. The average molecular weight is 278 g/mol. The molecule has 1 fully saturated rings. The van der Waals surface area contributed by atoms with E-state index in [1.165, 1.54) is 4.31 Å². The van der Waals surface area contributed by atoms with E-state index >= 15 is 0 Å². The van der Waals surface area contributed by atoms with Gasteiger partial charge in [0.2, 0.25) is 15.9 Å². The fraction of sp³-hybridized carbons (Fsp3) is 0.909. The molecule has 0 aromatic heterocycles. The van der Waals surface area contributed by atoms with Crippen LogP contribution in [0.4, 0.5) is 0 Å². The Balaban J connectivity index is 2.62. The monoisotopic (exact) mass is 278 g/mol. The number of hydrogen-bond acceptors (Lipinski definition) is 4. The Morgan fingerprint density at radius 2 is 1.89 bits per heavy atom. The van der Waals surface area contributed by atoms with Gasteiger partial charge in [0.1, 0.15) is 0 Å². The molecular formula is C11H22N2O4S. The number of carbonyl (C=O) groups is 1. The lowest BCUT2D eigenvalue weighted by atomic mass is 10.2. The van der Waals surface area contributed by atoms with E-state index in [4.69, 9.17) is 4.74 Å². The number of ether oxygens (including phenoxy) is 1. The van der Waals surface area contributed by atoms with E-state index < -0.39 is 10.0 Å². The van der Waals surface area contributed by atoms with Crippen molar-refractivity contribution in [2.24, 2.45) is 5.92 Å². The first-order chi connectivity index (χ1) is 8.30. The molecule has 1 aliphatic heterocycles. The Hall–Kier alpha value is -0.660. The molecule has 0 radical (unpaired) electrons. The summed E-state index contributed by atoms with van der Waals surface area (Å²) < 4.78 is 29.6. The predicted molar refractivity (Wildman–Crippen MR) is 68.7 cm³/mol. The highest BCUT2D eigenvalue weighted by atomic mass is 32.2. The van der Waals surface area contributed by atoms with Crippen molar-refractivity contribution >= 4 is 15.9 Å². The SMILES string of the molecule is CC(C)CN(CC(=O)N1CCOCC1)S(C)(=O)=O. The smallest absolute Gasteiger partial charge is 0.238 e. The maximum Gasteiger partial charge on any atom is 0.238 e. The molecule has 7 heteroatoms. The second-order valence-corrected chi connectivity index (χ2v) is 6.92. The van der Waals surface area contributed by atoms with Gasteiger partial charge in [-0.2, -0.15) is 4.31 Å². The highest BCUT2D eigenvalue weighted by Crippen LogP contribution is 2.06. The largest absolute Gasteiger partial charge is 0.378 e. The first kappa shape index (κ1) is 15.4. The van der Waals surface area contributed by atoms with E-state index in [1.54, 1.807) is 4.90 Å². The molecule has 1 aliphatic rings. The number of hydrogen-bond donors (Lipinski definition) is 0. The Morgan fingerprint density at radius 1 is 1.33 bits per heavy atom. The van der Waals surface area contributed by atoms with Crippen LogP contribution in [0.2, 0.25) is 0 Å². The van der Waals surface area contributed by atoms with Crippen LogP contribution in [-0.2, 0) is 19.6 Å². The molecule has 0 N–H and O–H groups in total. The zero-order valence-electron chi connectivity index (χ0n) is 11.3. The van der Waals surface area contributed by atoms with E-state index in [9.17, 15) is 13.2 Å². The minimum atomic E-state index is -3.34. The van der Waals surface area contributed by atoms with E-state index in [-0.39, 0.29) is 18.4 Å². The fourth-order valence-electron chi connectivity index (χ4n) is 1.79. The van der Waals surface area contributed by atoms with Gasteiger partial charge in [0.15, 0.2) is 0 Å². The topological polar surface area (TPSA) is 66.9 Å². The quantitative estimate of drug-likeness (QED) is 0.696. The van der Waals surface area contributed by atoms with Crippen LogP contribution in [0.15, 0.2) is 0 Å². The number of amides is 1. The van der Waals surface area contributed by atoms with E-state index in [1.807, 2.05) is 13.8 Å². The van der Waals surface area contributed by atoms with Gasteiger partial charge < -0.3 is 9.64 Å². The van der Waals surface area contributed by atoms with Crippen molar-refractivity contribution in [2.45, 2.75) is 13.8 Å². The van der Waals surface area contributed by atoms with Crippen molar-refractivity contribution in [3.8, 4) is 0 Å². The molecule has 0 aromatic carbocycles. The molecule has 0 spiro atoms. The van der Waals surface area contributed by atoms with E-state index in [0.717, 1.165) is 6.26 Å². The van der Waals surface area contributed by atoms with Crippen LogP contribution in [0.1, 0.15) is 13.8 Å². The highest BCUT2D eigenvalue weighted by molar-refractivity contribution is 7.88. The van der Waals surface area contributed by atoms with Crippen LogP contribution >= 0.6 is 0 Å². The van der Waals surface area contributed by atoms with Gasteiger partial charge in [0, 0.05) is 19.6 Å². The molecule has 106 valence electrons. The highest BCUT2D eigenvalue weighted by Gasteiger charge is 2.25. The van der Waals surface area contributed by atoms with E-state index in [2.05, 4.69) is 0 Å². The lowest BCUT2D eigenvalue weighted by Crippen LogP contribution is -2.47. The maximum atomic E-state index is 12.0. The first-order valence-corrected chi connectivity index (χ1v) is 7.96. The minimum Gasteiger partial charge on any atom is -0.378 e. The molecule has 1 amide bonds. The predicted octanol–water partition coefficient (Wildman–Crippen LogP) is -0.237. The van der Waals surface area contributed by atoms with Crippen molar-refractivity contribution in [3.05, 3.63) is 0 Å². The lowest BCUT2D eigenvalue weighted by Gasteiger charge is -2.29. The van der Waals surface area contributed by atoms with Crippen molar-refractivity contribution in [3.63, 3.8) is 0 Å². The second kappa shape index (κ2) is 6.49. The molecule has 1 saturated heterocycles. The summed E-state index contributed by atoms with van der Waals surface area (Å²) in [5.41, 5.74) is 0. The normalized spacial score (nSPS) is 17.5. The Morgan fingerprint density at radius 3 is 2.33 bits per heavy atom. The molecular weight excluding hydrogens is 256 g/mol.